The molecule has 6 heteroatoms. The van der Waals surface area contributed by atoms with Crippen LogP contribution in [0.15, 0.2) is 67.1 Å². The van der Waals surface area contributed by atoms with Crippen molar-refractivity contribution in [1.82, 2.24) is 14.8 Å². The standard InChI is InChI=1S/C25H26N4OSi/c1-31(2,3)13-12-30-18-29-17-23(16-28-29)20-6-4-19(5-7-20)21-8-9-25-24(14-21)22(15-26)10-11-27-25/h4-11,14,16-17H,12-13,18H2,1-3H3. The number of rotatable bonds is 7. The maximum absolute atomic E-state index is 9.37. The van der Waals surface area contributed by atoms with Crippen molar-refractivity contribution in [3.63, 3.8) is 0 Å². The average molecular weight is 427 g/mol. The van der Waals surface area contributed by atoms with Gasteiger partial charge in [-0.25, -0.2) is 4.68 Å². The van der Waals surface area contributed by atoms with Gasteiger partial charge in [-0.3, -0.25) is 4.98 Å². The van der Waals surface area contributed by atoms with Gasteiger partial charge in [0.05, 0.1) is 23.3 Å². The zero-order chi connectivity index (χ0) is 21.8. The molecular formula is C25H26N4OSi. The van der Waals surface area contributed by atoms with Crippen molar-refractivity contribution in [2.24, 2.45) is 0 Å². The van der Waals surface area contributed by atoms with Gasteiger partial charge in [-0.05, 0) is 40.9 Å². The molecule has 0 N–H and O–H groups in total. The Morgan fingerprint density at radius 2 is 1.68 bits per heavy atom. The highest BCUT2D eigenvalue weighted by atomic mass is 28.3. The molecule has 0 saturated heterocycles. The molecule has 0 bridgehead atoms. The first-order valence-corrected chi connectivity index (χ1v) is 14.1. The third-order valence-electron chi connectivity index (χ3n) is 5.27. The molecule has 0 aliphatic carbocycles. The third-order valence-corrected chi connectivity index (χ3v) is 6.97. The topological polar surface area (TPSA) is 63.7 Å². The summed E-state index contributed by atoms with van der Waals surface area (Å²) in [6, 6.07) is 19.6. The highest BCUT2D eigenvalue weighted by Gasteiger charge is 2.12. The molecule has 0 spiro atoms. The van der Waals surface area contributed by atoms with Gasteiger partial charge in [-0.15, -0.1) is 0 Å². The zero-order valence-corrected chi connectivity index (χ0v) is 19.2. The normalized spacial score (nSPS) is 11.5. The van der Waals surface area contributed by atoms with E-state index in [4.69, 9.17) is 4.74 Å². The van der Waals surface area contributed by atoms with Crippen LogP contribution in [0, 0.1) is 11.3 Å². The van der Waals surface area contributed by atoms with Gasteiger partial charge < -0.3 is 4.74 Å². The van der Waals surface area contributed by atoms with Gasteiger partial charge in [-0.2, -0.15) is 10.4 Å². The maximum atomic E-state index is 9.37. The molecule has 2 aromatic heterocycles. The number of hydrogen-bond acceptors (Lipinski definition) is 4. The first kappa shape index (κ1) is 21.0. The molecule has 0 unspecified atom stereocenters. The van der Waals surface area contributed by atoms with Crippen LogP contribution in [-0.4, -0.2) is 29.4 Å². The van der Waals surface area contributed by atoms with E-state index in [1.54, 1.807) is 12.3 Å². The van der Waals surface area contributed by atoms with E-state index in [1.165, 1.54) is 0 Å². The number of fused-ring (bicyclic) bond motifs is 1. The van der Waals surface area contributed by atoms with Crippen molar-refractivity contribution in [2.45, 2.75) is 32.4 Å². The van der Waals surface area contributed by atoms with Crippen molar-refractivity contribution in [2.75, 3.05) is 6.61 Å². The zero-order valence-electron chi connectivity index (χ0n) is 18.2. The molecule has 31 heavy (non-hydrogen) atoms. The Morgan fingerprint density at radius 3 is 2.39 bits per heavy atom. The largest absolute Gasteiger partial charge is 0.360 e. The van der Waals surface area contributed by atoms with Crippen LogP contribution in [0.4, 0.5) is 0 Å². The predicted molar refractivity (Wildman–Crippen MR) is 127 cm³/mol. The average Bonchev–Trinajstić information content (AvgIpc) is 3.24. The molecule has 5 nitrogen and oxygen atoms in total. The van der Waals surface area contributed by atoms with Gasteiger partial charge >= 0.3 is 0 Å². The smallest absolute Gasteiger partial charge is 0.139 e. The van der Waals surface area contributed by atoms with Crippen LogP contribution in [0.5, 0.6) is 0 Å². The molecule has 0 aliphatic heterocycles. The summed E-state index contributed by atoms with van der Waals surface area (Å²) < 4.78 is 7.62. The molecule has 2 heterocycles. The minimum absolute atomic E-state index is 0.481. The molecule has 2 aromatic carbocycles. The van der Waals surface area contributed by atoms with Gasteiger partial charge in [0.25, 0.3) is 0 Å². The summed E-state index contributed by atoms with van der Waals surface area (Å²) in [5, 5.41) is 14.7. The summed E-state index contributed by atoms with van der Waals surface area (Å²) in [5.74, 6) is 0. The van der Waals surface area contributed by atoms with E-state index in [1.807, 2.05) is 35.3 Å². The fraction of sp³-hybridized carbons (Fsp3) is 0.240. The molecule has 0 aliphatic rings. The SMILES string of the molecule is C[Si](C)(C)CCOCn1cc(-c2ccc(-c3ccc4nccc(C#N)c4c3)cc2)cn1. The van der Waals surface area contributed by atoms with Gasteiger partial charge in [-0.1, -0.05) is 50.0 Å². The Balaban J connectivity index is 1.47. The lowest BCUT2D eigenvalue weighted by Crippen LogP contribution is -2.22. The van der Waals surface area contributed by atoms with Crippen LogP contribution in [0.3, 0.4) is 0 Å². The minimum atomic E-state index is -1.07. The lowest BCUT2D eigenvalue weighted by molar-refractivity contribution is 0.0786. The highest BCUT2D eigenvalue weighted by Crippen LogP contribution is 2.28. The van der Waals surface area contributed by atoms with Crippen LogP contribution in [0.25, 0.3) is 33.2 Å². The molecule has 156 valence electrons. The van der Waals surface area contributed by atoms with E-state index in [-0.39, 0.29) is 0 Å². The van der Waals surface area contributed by atoms with Gasteiger partial charge in [0.2, 0.25) is 0 Å². The van der Waals surface area contributed by atoms with Crippen LogP contribution < -0.4 is 0 Å². The number of nitrogens with zero attached hydrogens (tertiary/aromatic N) is 4. The van der Waals surface area contributed by atoms with Crippen LogP contribution in [0.1, 0.15) is 5.56 Å². The van der Waals surface area contributed by atoms with E-state index in [2.05, 4.69) is 60.1 Å². The second kappa shape index (κ2) is 8.84. The molecule has 0 radical (unpaired) electrons. The summed E-state index contributed by atoms with van der Waals surface area (Å²) in [4.78, 5) is 4.35. The Kier molecular flexibility index (Phi) is 5.98. The second-order valence-electron chi connectivity index (χ2n) is 8.90. The van der Waals surface area contributed by atoms with Crippen molar-refractivity contribution < 1.29 is 4.74 Å². The number of aromatic nitrogens is 3. The van der Waals surface area contributed by atoms with Gasteiger partial charge in [0, 0.05) is 38.0 Å². The first-order chi connectivity index (χ1) is 14.9. The second-order valence-corrected chi connectivity index (χ2v) is 14.5. The van der Waals surface area contributed by atoms with Gasteiger partial charge in [0.1, 0.15) is 6.73 Å². The summed E-state index contributed by atoms with van der Waals surface area (Å²) in [5.41, 5.74) is 5.81. The summed E-state index contributed by atoms with van der Waals surface area (Å²) in [6.45, 7) is 8.32. The van der Waals surface area contributed by atoms with Crippen LogP contribution in [-0.2, 0) is 11.5 Å². The molecule has 0 atom stereocenters. The van der Waals surface area contributed by atoms with E-state index in [0.29, 0.717) is 12.3 Å². The Labute approximate surface area is 183 Å². The summed E-state index contributed by atoms with van der Waals surface area (Å²) >= 11 is 0. The van der Waals surface area contributed by atoms with Crippen molar-refractivity contribution >= 4 is 19.0 Å². The molecular weight excluding hydrogens is 400 g/mol. The molecule has 0 fully saturated rings. The number of benzene rings is 2. The number of nitriles is 1. The van der Waals surface area contributed by atoms with E-state index >= 15 is 0 Å². The third kappa shape index (κ3) is 5.08. The lowest BCUT2D eigenvalue weighted by atomic mass is 9.99. The van der Waals surface area contributed by atoms with Gasteiger partial charge in [0.15, 0.2) is 0 Å². The fourth-order valence-electron chi connectivity index (χ4n) is 3.40. The molecule has 0 saturated carbocycles. The fourth-order valence-corrected chi connectivity index (χ4v) is 4.15. The predicted octanol–water partition coefficient (Wildman–Crippen LogP) is 5.95. The maximum Gasteiger partial charge on any atom is 0.139 e. The van der Waals surface area contributed by atoms with Crippen LogP contribution >= 0.6 is 0 Å². The highest BCUT2D eigenvalue weighted by molar-refractivity contribution is 6.76. The Bertz CT molecular complexity index is 1230. The van der Waals surface area contributed by atoms with Crippen molar-refractivity contribution in [3.8, 4) is 28.3 Å². The molecule has 4 rings (SSSR count). The monoisotopic (exact) mass is 426 g/mol. The Morgan fingerprint density at radius 1 is 0.968 bits per heavy atom. The minimum Gasteiger partial charge on any atom is -0.360 e. The molecule has 4 aromatic rings. The summed E-state index contributed by atoms with van der Waals surface area (Å²) in [6.07, 6.45) is 5.56. The van der Waals surface area contributed by atoms with Crippen LogP contribution in [0.2, 0.25) is 25.7 Å². The lowest BCUT2D eigenvalue weighted by Gasteiger charge is -2.15. The van der Waals surface area contributed by atoms with E-state index < -0.39 is 8.07 Å². The number of hydrogen-bond donors (Lipinski definition) is 0. The Hall–Kier alpha value is -3.27. The number of ether oxygens (including phenoxy) is 1. The van der Waals surface area contributed by atoms with E-state index in [0.717, 1.165) is 45.8 Å². The molecule has 0 amide bonds. The van der Waals surface area contributed by atoms with E-state index in [9.17, 15) is 5.26 Å². The first-order valence-electron chi connectivity index (χ1n) is 10.4. The quantitative estimate of drug-likeness (QED) is 0.271. The summed E-state index contributed by atoms with van der Waals surface area (Å²) in [7, 11) is -1.07. The number of pyridine rings is 1. The van der Waals surface area contributed by atoms with Crippen molar-refractivity contribution in [1.29, 1.82) is 5.26 Å². The van der Waals surface area contributed by atoms with Crippen molar-refractivity contribution in [3.05, 3.63) is 72.7 Å².